The fourth-order valence-corrected chi connectivity index (χ4v) is 3.57. The van der Waals surface area contributed by atoms with Crippen molar-refractivity contribution in [1.29, 1.82) is 0 Å². The summed E-state index contributed by atoms with van der Waals surface area (Å²) < 4.78 is 7.88. The number of para-hydroxylation sites is 1. The van der Waals surface area contributed by atoms with E-state index < -0.39 is 0 Å². The molecular weight excluding hydrogens is 330 g/mol. The first-order valence-electron chi connectivity index (χ1n) is 8.76. The summed E-state index contributed by atoms with van der Waals surface area (Å²) in [4.78, 5) is 26.7. The molecule has 2 aromatic heterocycles. The summed E-state index contributed by atoms with van der Waals surface area (Å²) in [5.74, 6) is 0.237. The average molecular weight is 351 g/mol. The molecule has 0 saturated heterocycles. The fourth-order valence-electron chi connectivity index (χ4n) is 3.57. The Morgan fingerprint density at radius 2 is 2.04 bits per heavy atom. The third kappa shape index (κ3) is 3.10. The molecule has 1 aromatic carbocycles. The van der Waals surface area contributed by atoms with Gasteiger partial charge in [-0.25, -0.2) is 0 Å². The van der Waals surface area contributed by atoms with Crippen LogP contribution in [0.4, 0.5) is 0 Å². The summed E-state index contributed by atoms with van der Waals surface area (Å²) in [7, 11) is 1.64. The van der Waals surface area contributed by atoms with Gasteiger partial charge in [-0.05, 0) is 24.3 Å². The molecule has 1 aliphatic heterocycles. The van der Waals surface area contributed by atoms with E-state index in [0.717, 1.165) is 17.6 Å². The molecule has 0 radical (unpaired) electrons. The maximum atomic E-state index is 13.1. The molecule has 3 heterocycles. The molecule has 0 fully saturated rings. The topological polar surface area (TPSA) is 67.5 Å². The van der Waals surface area contributed by atoms with Gasteiger partial charge in [-0.1, -0.05) is 18.2 Å². The first kappa shape index (κ1) is 16.4. The van der Waals surface area contributed by atoms with Crippen LogP contribution in [0.15, 0.2) is 53.1 Å². The summed E-state index contributed by atoms with van der Waals surface area (Å²) in [6.45, 7) is 1.75. The maximum absolute atomic E-state index is 13.1. The van der Waals surface area contributed by atoms with Crippen molar-refractivity contribution in [3.63, 3.8) is 0 Å². The van der Waals surface area contributed by atoms with Crippen LogP contribution in [0.3, 0.4) is 0 Å². The Balaban J connectivity index is 1.63. The molecule has 1 aliphatic rings. The lowest BCUT2D eigenvalue weighted by molar-refractivity contribution is -0.121. The summed E-state index contributed by atoms with van der Waals surface area (Å²) in [5.41, 5.74) is 1.77. The highest BCUT2D eigenvalue weighted by atomic mass is 16.3. The van der Waals surface area contributed by atoms with Crippen LogP contribution in [0.1, 0.15) is 22.7 Å². The summed E-state index contributed by atoms with van der Waals surface area (Å²) in [5, 5.41) is 3.59. The Morgan fingerprint density at radius 1 is 1.19 bits per heavy atom. The Bertz CT molecular complexity index is 923. The van der Waals surface area contributed by atoms with E-state index in [-0.39, 0.29) is 17.7 Å². The van der Waals surface area contributed by atoms with Crippen molar-refractivity contribution in [3.8, 4) is 0 Å². The van der Waals surface area contributed by atoms with Crippen LogP contribution in [-0.2, 0) is 17.9 Å². The minimum atomic E-state index is -0.141. The van der Waals surface area contributed by atoms with Gasteiger partial charge >= 0.3 is 0 Å². The Morgan fingerprint density at radius 3 is 2.85 bits per heavy atom. The average Bonchev–Trinajstić information content (AvgIpc) is 3.23. The maximum Gasteiger partial charge on any atom is 0.289 e. The van der Waals surface area contributed by atoms with Crippen LogP contribution >= 0.6 is 0 Å². The Labute approximate surface area is 151 Å². The third-order valence-electron chi connectivity index (χ3n) is 4.89. The number of furan rings is 1. The van der Waals surface area contributed by atoms with Crippen LogP contribution < -0.4 is 5.32 Å². The molecular formula is C20H21N3O3. The van der Waals surface area contributed by atoms with Gasteiger partial charge in [0, 0.05) is 49.8 Å². The van der Waals surface area contributed by atoms with E-state index in [0.29, 0.717) is 30.9 Å². The number of carbonyl (C=O) groups is 2. The van der Waals surface area contributed by atoms with Crippen LogP contribution in [0, 0.1) is 5.92 Å². The predicted octanol–water partition coefficient (Wildman–Crippen LogP) is 2.64. The van der Waals surface area contributed by atoms with E-state index in [1.807, 2.05) is 42.6 Å². The molecule has 26 heavy (non-hydrogen) atoms. The van der Waals surface area contributed by atoms with Gasteiger partial charge in [0.05, 0.1) is 6.54 Å². The standard InChI is InChI=1S/C20H21N3O3/c1-21-19(24)9-14-11-22-8-4-6-16(22)13-23(12-14)20(25)18-10-15-5-2-3-7-17(15)26-18/h2-8,10,14H,9,11-13H2,1H3,(H,21,24)/t14-/m0/s1. The van der Waals surface area contributed by atoms with Crippen molar-refractivity contribution >= 4 is 22.8 Å². The van der Waals surface area contributed by atoms with Gasteiger partial charge < -0.3 is 19.2 Å². The molecule has 6 nitrogen and oxygen atoms in total. The quantitative estimate of drug-likeness (QED) is 0.789. The lowest BCUT2D eigenvalue weighted by Crippen LogP contribution is -2.35. The Kier molecular flexibility index (Phi) is 4.24. The summed E-state index contributed by atoms with van der Waals surface area (Å²) in [6, 6.07) is 13.4. The molecule has 6 heteroatoms. The van der Waals surface area contributed by atoms with Crippen LogP contribution in [0.25, 0.3) is 11.0 Å². The smallest absolute Gasteiger partial charge is 0.289 e. The number of fused-ring (bicyclic) bond motifs is 2. The number of nitrogens with zero attached hydrogens (tertiary/aromatic N) is 2. The molecule has 134 valence electrons. The van der Waals surface area contributed by atoms with E-state index in [4.69, 9.17) is 4.42 Å². The molecule has 0 aliphatic carbocycles. The lowest BCUT2D eigenvalue weighted by Gasteiger charge is -2.23. The van der Waals surface area contributed by atoms with Gasteiger partial charge in [0.25, 0.3) is 5.91 Å². The number of amides is 2. The van der Waals surface area contributed by atoms with Gasteiger partial charge in [-0.2, -0.15) is 0 Å². The number of nitrogens with one attached hydrogen (secondary N) is 1. The van der Waals surface area contributed by atoms with Crippen molar-refractivity contribution in [3.05, 3.63) is 60.1 Å². The molecule has 0 bridgehead atoms. The molecule has 4 rings (SSSR count). The van der Waals surface area contributed by atoms with Crippen molar-refractivity contribution in [2.45, 2.75) is 19.5 Å². The van der Waals surface area contributed by atoms with E-state index in [1.165, 1.54) is 0 Å². The minimum Gasteiger partial charge on any atom is -0.451 e. The van der Waals surface area contributed by atoms with Gasteiger partial charge in [0.2, 0.25) is 5.91 Å². The molecule has 0 saturated carbocycles. The molecule has 1 atom stereocenters. The van der Waals surface area contributed by atoms with Crippen molar-refractivity contribution in [2.75, 3.05) is 13.6 Å². The number of benzene rings is 1. The van der Waals surface area contributed by atoms with Crippen LogP contribution in [0.5, 0.6) is 0 Å². The second kappa shape index (κ2) is 6.71. The molecule has 1 N–H and O–H groups in total. The van der Waals surface area contributed by atoms with E-state index in [2.05, 4.69) is 9.88 Å². The monoisotopic (exact) mass is 351 g/mol. The predicted molar refractivity (Wildman–Crippen MR) is 97.6 cm³/mol. The highest BCUT2D eigenvalue weighted by Gasteiger charge is 2.28. The number of rotatable bonds is 3. The highest BCUT2D eigenvalue weighted by molar-refractivity contribution is 5.96. The zero-order chi connectivity index (χ0) is 18.1. The number of aromatic nitrogens is 1. The van der Waals surface area contributed by atoms with Crippen LogP contribution in [0.2, 0.25) is 0 Å². The minimum absolute atomic E-state index is 0.0123. The zero-order valence-corrected chi connectivity index (χ0v) is 14.6. The van der Waals surface area contributed by atoms with Crippen molar-refractivity contribution < 1.29 is 14.0 Å². The highest BCUT2D eigenvalue weighted by Crippen LogP contribution is 2.24. The van der Waals surface area contributed by atoms with Crippen LogP contribution in [-0.4, -0.2) is 34.9 Å². The summed E-state index contributed by atoms with van der Waals surface area (Å²) in [6.07, 6.45) is 2.39. The second-order valence-electron chi connectivity index (χ2n) is 6.73. The number of hydrogen-bond donors (Lipinski definition) is 1. The van der Waals surface area contributed by atoms with Crippen molar-refractivity contribution in [1.82, 2.24) is 14.8 Å². The normalized spacial score (nSPS) is 17.0. The van der Waals surface area contributed by atoms with Gasteiger partial charge in [0.1, 0.15) is 5.58 Å². The largest absolute Gasteiger partial charge is 0.451 e. The third-order valence-corrected chi connectivity index (χ3v) is 4.89. The number of hydrogen-bond acceptors (Lipinski definition) is 3. The first-order valence-corrected chi connectivity index (χ1v) is 8.76. The number of carbonyl (C=O) groups excluding carboxylic acids is 2. The summed E-state index contributed by atoms with van der Waals surface area (Å²) >= 11 is 0. The first-order chi connectivity index (χ1) is 12.6. The SMILES string of the molecule is CNC(=O)C[C@@H]1CN(C(=O)c2cc3ccccc3o2)Cc2cccn2C1. The lowest BCUT2D eigenvalue weighted by atomic mass is 10.0. The molecule has 3 aromatic rings. The van der Waals surface area contributed by atoms with Gasteiger partial charge in [-0.15, -0.1) is 0 Å². The van der Waals surface area contributed by atoms with E-state index >= 15 is 0 Å². The Hall–Kier alpha value is -3.02. The van der Waals surface area contributed by atoms with E-state index in [1.54, 1.807) is 18.0 Å². The second-order valence-corrected chi connectivity index (χ2v) is 6.73. The molecule has 0 unspecified atom stereocenters. The molecule has 0 spiro atoms. The van der Waals surface area contributed by atoms with E-state index in [9.17, 15) is 9.59 Å². The van der Waals surface area contributed by atoms with Gasteiger partial charge in [0.15, 0.2) is 5.76 Å². The molecule has 2 amide bonds. The van der Waals surface area contributed by atoms with Gasteiger partial charge in [-0.3, -0.25) is 9.59 Å². The van der Waals surface area contributed by atoms with Crippen molar-refractivity contribution in [2.24, 2.45) is 5.92 Å². The fraction of sp³-hybridized carbons (Fsp3) is 0.300. The zero-order valence-electron chi connectivity index (χ0n) is 14.6.